The maximum Gasteiger partial charge on any atom is 0.271 e. The van der Waals surface area contributed by atoms with Gasteiger partial charge in [0.1, 0.15) is 0 Å². The van der Waals surface area contributed by atoms with E-state index < -0.39 is 0 Å². The molecule has 0 saturated carbocycles. The van der Waals surface area contributed by atoms with E-state index in [0.717, 1.165) is 38.9 Å². The number of H-pyrrole nitrogens is 1. The highest BCUT2D eigenvalue weighted by molar-refractivity contribution is 6.07. The summed E-state index contributed by atoms with van der Waals surface area (Å²) in [6, 6.07) is 21.0. The Balaban J connectivity index is 1.63. The van der Waals surface area contributed by atoms with Crippen LogP contribution < -0.4 is 10.7 Å². The number of aromatic nitrogens is 1. The van der Waals surface area contributed by atoms with Gasteiger partial charge in [-0.2, -0.15) is 5.10 Å². The minimum atomic E-state index is -0.330. The van der Waals surface area contributed by atoms with Crippen molar-refractivity contribution in [2.45, 2.75) is 20.8 Å². The first-order chi connectivity index (χ1) is 15.4. The smallest absolute Gasteiger partial charge is 0.271 e. The van der Waals surface area contributed by atoms with Crippen LogP contribution in [0.2, 0.25) is 0 Å². The van der Waals surface area contributed by atoms with Gasteiger partial charge in [-0.15, -0.1) is 0 Å². The van der Waals surface area contributed by atoms with Crippen molar-refractivity contribution >= 4 is 34.6 Å². The van der Waals surface area contributed by atoms with Crippen LogP contribution in [0.15, 0.2) is 71.8 Å². The van der Waals surface area contributed by atoms with Crippen molar-refractivity contribution in [3.05, 3.63) is 89.0 Å². The van der Waals surface area contributed by atoms with E-state index in [4.69, 9.17) is 0 Å². The Kier molecular flexibility index (Phi) is 5.85. The van der Waals surface area contributed by atoms with Crippen LogP contribution in [0.1, 0.15) is 34.0 Å². The number of aryl methyl sites for hydroxylation is 2. The fourth-order valence-corrected chi connectivity index (χ4v) is 3.77. The molecule has 4 aromatic rings. The van der Waals surface area contributed by atoms with Crippen molar-refractivity contribution in [3.63, 3.8) is 0 Å². The number of fused-ring (bicyclic) bond motifs is 1. The first kappa shape index (κ1) is 21.1. The van der Waals surface area contributed by atoms with Crippen molar-refractivity contribution in [2.24, 2.45) is 5.10 Å². The third-order valence-electron chi connectivity index (χ3n) is 5.18. The number of amides is 2. The lowest BCUT2D eigenvalue weighted by atomic mass is 10.0. The highest BCUT2D eigenvalue weighted by Gasteiger charge is 2.14. The number of carbonyl (C=O) groups is 2. The van der Waals surface area contributed by atoms with E-state index in [9.17, 15) is 9.59 Å². The SMILES string of the molecule is CC(=O)Nc1ccc(C(=O)NN=Cc2c(-c3ccccc3)[nH]c3c(C)cc(C)cc23)cc1. The molecule has 0 spiro atoms. The lowest BCUT2D eigenvalue weighted by molar-refractivity contribution is -0.114. The highest BCUT2D eigenvalue weighted by Crippen LogP contribution is 2.31. The van der Waals surface area contributed by atoms with Gasteiger partial charge in [-0.05, 0) is 55.3 Å². The Morgan fingerprint density at radius 2 is 1.69 bits per heavy atom. The second-order valence-electron chi connectivity index (χ2n) is 7.74. The summed E-state index contributed by atoms with van der Waals surface area (Å²) in [4.78, 5) is 27.2. The molecule has 1 heterocycles. The Labute approximate surface area is 186 Å². The molecular formula is C26H24N4O2. The molecule has 32 heavy (non-hydrogen) atoms. The molecule has 0 bridgehead atoms. The third kappa shape index (κ3) is 4.44. The molecule has 2 amide bonds. The molecule has 0 unspecified atom stereocenters. The molecule has 6 nitrogen and oxygen atoms in total. The molecule has 0 aliphatic heterocycles. The Bertz CT molecular complexity index is 1320. The van der Waals surface area contributed by atoms with Gasteiger partial charge in [-0.3, -0.25) is 9.59 Å². The lowest BCUT2D eigenvalue weighted by Gasteiger charge is -2.04. The van der Waals surface area contributed by atoms with E-state index in [2.05, 4.69) is 46.8 Å². The second kappa shape index (κ2) is 8.89. The lowest BCUT2D eigenvalue weighted by Crippen LogP contribution is -2.17. The second-order valence-corrected chi connectivity index (χ2v) is 7.74. The zero-order chi connectivity index (χ0) is 22.7. The van der Waals surface area contributed by atoms with E-state index in [0.29, 0.717) is 11.3 Å². The van der Waals surface area contributed by atoms with Crippen LogP contribution in [0, 0.1) is 13.8 Å². The van der Waals surface area contributed by atoms with Gasteiger partial charge in [0.25, 0.3) is 5.91 Å². The van der Waals surface area contributed by atoms with Crippen molar-refractivity contribution < 1.29 is 9.59 Å². The summed E-state index contributed by atoms with van der Waals surface area (Å²) >= 11 is 0. The minimum absolute atomic E-state index is 0.162. The minimum Gasteiger partial charge on any atom is -0.354 e. The summed E-state index contributed by atoms with van der Waals surface area (Å²) in [7, 11) is 0. The van der Waals surface area contributed by atoms with Gasteiger partial charge < -0.3 is 10.3 Å². The van der Waals surface area contributed by atoms with Gasteiger partial charge in [-0.25, -0.2) is 5.43 Å². The molecule has 0 saturated heterocycles. The average Bonchev–Trinajstić information content (AvgIpc) is 3.13. The maximum atomic E-state index is 12.5. The molecule has 0 fully saturated rings. The number of nitrogens with zero attached hydrogens (tertiary/aromatic N) is 1. The molecule has 4 rings (SSSR count). The Morgan fingerprint density at radius 1 is 0.969 bits per heavy atom. The van der Waals surface area contributed by atoms with Crippen LogP contribution in [0.4, 0.5) is 5.69 Å². The van der Waals surface area contributed by atoms with Crippen LogP contribution in [-0.4, -0.2) is 23.0 Å². The number of anilines is 1. The van der Waals surface area contributed by atoms with Gasteiger partial charge in [0, 0.05) is 34.6 Å². The fourth-order valence-electron chi connectivity index (χ4n) is 3.77. The normalized spacial score (nSPS) is 11.1. The quantitative estimate of drug-likeness (QED) is 0.305. The molecule has 1 aromatic heterocycles. The highest BCUT2D eigenvalue weighted by atomic mass is 16.2. The third-order valence-corrected chi connectivity index (χ3v) is 5.18. The molecule has 160 valence electrons. The van der Waals surface area contributed by atoms with Crippen molar-refractivity contribution in [2.75, 3.05) is 5.32 Å². The summed E-state index contributed by atoms with van der Waals surface area (Å²) in [5.41, 5.74) is 9.96. The molecule has 0 atom stereocenters. The van der Waals surface area contributed by atoms with Crippen LogP contribution in [0.25, 0.3) is 22.2 Å². The van der Waals surface area contributed by atoms with Gasteiger partial charge >= 0.3 is 0 Å². The van der Waals surface area contributed by atoms with Crippen LogP contribution in [0.3, 0.4) is 0 Å². The largest absolute Gasteiger partial charge is 0.354 e. The number of nitrogens with one attached hydrogen (secondary N) is 3. The predicted octanol–water partition coefficient (Wildman–Crippen LogP) is 5.17. The number of aromatic amines is 1. The number of benzene rings is 3. The number of hydrazone groups is 1. The number of rotatable bonds is 5. The molecule has 3 N–H and O–H groups in total. The van der Waals surface area contributed by atoms with E-state index in [1.165, 1.54) is 6.92 Å². The van der Waals surface area contributed by atoms with Crippen LogP contribution in [-0.2, 0) is 4.79 Å². The van der Waals surface area contributed by atoms with Crippen LogP contribution in [0.5, 0.6) is 0 Å². The summed E-state index contributed by atoms with van der Waals surface area (Å²) in [6.45, 7) is 5.58. The molecule has 0 aliphatic rings. The van der Waals surface area contributed by atoms with E-state index in [-0.39, 0.29) is 11.8 Å². The Morgan fingerprint density at radius 3 is 2.38 bits per heavy atom. The predicted molar refractivity (Wildman–Crippen MR) is 129 cm³/mol. The van der Waals surface area contributed by atoms with Gasteiger partial charge in [-0.1, -0.05) is 42.0 Å². The van der Waals surface area contributed by atoms with E-state index in [1.807, 2.05) is 30.3 Å². The van der Waals surface area contributed by atoms with Crippen molar-refractivity contribution in [3.8, 4) is 11.3 Å². The molecular weight excluding hydrogens is 400 g/mol. The van der Waals surface area contributed by atoms with Crippen molar-refractivity contribution in [1.29, 1.82) is 0 Å². The average molecular weight is 425 g/mol. The first-order valence-corrected chi connectivity index (χ1v) is 10.3. The van der Waals surface area contributed by atoms with Crippen LogP contribution >= 0.6 is 0 Å². The van der Waals surface area contributed by atoms with Crippen molar-refractivity contribution in [1.82, 2.24) is 10.4 Å². The monoisotopic (exact) mass is 424 g/mol. The fraction of sp³-hybridized carbons (Fsp3) is 0.115. The van der Waals surface area contributed by atoms with E-state index >= 15 is 0 Å². The maximum absolute atomic E-state index is 12.5. The number of hydrogen-bond donors (Lipinski definition) is 3. The zero-order valence-corrected chi connectivity index (χ0v) is 18.2. The summed E-state index contributed by atoms with van der Waals surface area (Å²) in [5, 5.41) is 7.97. The van der Waals surface area contributed by atoms with Gasteiger partial charge in [0.2, 0.25) is 5.91 Å². The van der Waals surface area contributed by atoms with E-state index in [1.54, 1.807) is 30.5 Å². The van der Waals surface area contributed by atoms with Gasteiger partial charge in [0.15, 0.2) is 0 Å². The summed E-state index contributed by atoms with van der Waals surface area (Å²) in [6.07, 6.45) is 1.68. The molecule has 6 heteroatoms. The first-order valence-electron chi connectivity index (χ1n) is 10.3. The summed E-state index contributed by atoms with van der Waals surface area (Å²) in [5.74, 6) is -0.491. The number of carbonyl (C=O) groups excluding carboxylic acids is 2. The standard InChI is InChI=1S/C26H24N4O2/c1-16-13-17(2)24-22(14-16)23(25(29-24)19-7-5-4-6-8-19)15-27-30-26(32)20-9-11-21(12-10-20)28-18(3)31/h4-15,29H,1-3H3,(H,28,31)(H,30,32). The molecule has 0 aliphatic carbocycles. The van der Waals surface area contributed by atoms with Gasteiger partial charge in [0.05, 0.1) is 11.9 Å². The zero-order valence-electron chi connectivity index (χ0n) is 18.2. The Hall–Kier alpha value is -4.19. The topological polar surface area (TPSA) is 86.3 Å². The number of hydrogen-bond acceptors (Lipinski definition) is 3. The summed E-state index contributed by atoms with van der Waals surface area (Å²) < 4.78 is 0. The molecule has 3 aromatic carbocycles. The molecule has 0 radical (unpaired) electrons.